The number of benzene rings is 1. The number of nitrogens with zero attached hydrogens (tertiary/aromatic N) is 2. The minimum Gasteiger partial charge on any atom is -0.453 e. The van der Waals surface area contributed by atoms with E-state index in [1.165, 1.54) is 18.2 Å². The largest absolute Gasteiger partial charge is 0.453 e. The molecule has 0 unspecified atom stereocenters. The van der Waals surface area contributed by atoms with Crippen molar-refractivity contribution in [1.29, 1.82) is 0 Å². The van der Waals surface area contributed by atoms with Crippen molar-refractivity contribution < 1.29 is 14.3 Å². The van der Waals surface area contributed by atoms with Crippen molar-refractivity contribution in [2.75, 3.05) is 33.3 Å². The lowest BCUT2D eigenvalue weighted by Gasteiger charge is -2.21. The topological polar surface area (TPSA) is 49.9 Å². The van der Waals surface area contributed by atoms with Gasteiger partial charge in [-0.3, -0.25) is 4.79 Å². The van der Waals surface area contributed by atoms with Crippen LogP contribution in [-0.4, -0.2) is 55.1 Å². The zero-order valence-corrected chi connectivity index (χ0v) is 13.8. The molecule has 124 valence electrons. The lowest BCUT2D eigenvalue weighted by Crippen LogP contribution is -2.38. The molecule has 1 saturated heterocycles. The Hall–Kier alpha value is -2.04. The van der Waals surface area contributed by atoms with Crippen LogP contribution in [0.15, 0.2) is 24.3 Å². The zero-order valence-electron chi connectivity index (χ0n) is 13.8. The van der Waals surface area contributed by atoms with Crippen molar-refractivity contribution in [3.63, 3.8) is 0 Å². The number of hydrogen-bond acceptors (Lipinski definition) is 3. The molecular formula is C18H24N2O3. The summed E-state index contributed by atoms with van der Waals surface area (Å²) in [6.45, 7) is 4.64. The van der Waals surface area contributed by atoms with Crippen molar-refractivity contribution in [3.8, 4) is 0 Å². The molecule has 2 aliphatic rings. The number of ether oxygens (including phenoxy) is 1. The number of amides is 2. The molecule has 1 heterocycles. The highest BCUT2D eigenvalue weighted by atomic mass is 16.5. The van der Waals surface area contributed by atoms with Crippen LogP contribution in [0.5, 0.6) is 0 Å². The van der Waals surface area contributed by atoms with Crippen molar-refractivity contribution in [2.45, 2.75) is 25.7 Å². The molecule has 1 aliphatic heterocycles. The number of rotatable bonds is 2. The number of carbonyl (C=O) groups excluding carboxylic acids is 2. The third kappa shape index (κ3) is 3.33. The summed E-state index contributed by atoms with van der Waals surface area (Å²) in [5, 5.41) is 0. The van der Waals surface area contributed by atoms with Gasteiger partial charge in [0.05, 0.1) is 7.11 Å². The number of methoxy groups -OCH3 is 1. The minimum atomic E-state index is -0.302. The summed E-state index contributed by atoms with van der Waals surface area (Å²) in [7, 11) is 1.40. The molecule has 1 aromatic rings. The molecule has 0 spiro atoms. The molecule has 23 heavy (non-hydrogen) atoms. The first-order chi connectivity index (χ1) is 11.1. The van der Waals surface area contributed by atoms with E-state index in [9.17, 15) is 9.59 Å². The van der Waals surface area contributed by atoms with Crippen LogP contribution in [0.4, 0.5) is 4.79 Å². The molecule has 0 N–H and O–H groups in total. The molecule has 2 fully saturated rings. The molecule has 0 bridgehead atoms. The Morgan fingerprint density at radius 1 is 1.09 bits per heavy atom. The van der Waals surface area contributed by atoms with Gasteiger partial charge in [-0.25, -0.2) is 4.79 Å². The van der Waals surface area contributed by atoms with Gasteiger partial charge in [0.25, 0.3) is 0 Å². The Morgan fingerprint density at radius 2 is 1.78 bits per heavy atom. The fourth-order valence-electron chi connectivity index (χ4n) is 3.50. The second kappa shape index (κ2) is 6.60. The predicted octanol–water partition coefficient (Wildman–Crippen LogP) is 2.40. The Balaban J connectivity index is 1.60. The molecule has 1 aliphatic carbocycles. The predicted molar refractivity (Wildman–Crippen MR) is 87.2 cm³/mol. The van der Waals surface area contributed by atoms with E-state index < -0.39 is 0 Å². The third-order valence-corrected chi connectivity index (χ3v) is 4.94. The monoisotopic (exact) mass is 316 g/mol. The Labute approximate surface area is 137 Å². The first-order valence-electron chi connectivity index (χ1n) is 8.29. The first-order valence-corrected chi connectivity index (χ1v) is 8.29. The van der Waals surface area contributed by atoms with Gasteiger partial charge in [0.1, 0.15) is 0 Å². The Kier molecular flexibility index (Phi) is 4.55. The molecular weight excluding hydrogens is 292 g/mol. The summed E-state index contributed by atoms with van der Waals surface area (Å²) in [5.41, 5.74) is 2.57. The smallest absolute Gasteiger partial charge is 0.409 e. The van der Waals surface area contributed by atoms with E-state index in [2.05, 4.69) is 19.1 Å². The van der Waals surface area contributed by atoms with Gasteiger partial charge in [0.2, 0.25) is 5.91 Å². The molecule has 3 rings (SSSR count). The molecule has 5 heteroatoms. The van der Waals surface area contributed by atoms with Crippen LogP contribution in [-0.2, 0) is 9.53 Å². The van der Waals surface area contributed by atoms with Crippen LogP contribution in [0.2, 0.25) is 0 Å². The zero-order chi connectivity index (χ0) is 16.4. The Morgan fingerprint density at radius 3 is 2.52 bits per heavy atom. The fourth-order valence-corrected chi connectivity index (χ4v) is 3.50. The standard InChI is InChI=1S/C18H24N2O3/c1-13-6-3-4-7-14(13)15-12-16(15)17(21)19-8-5-9-20(11-10-19)18(22)23-2/h3-4,6-7,15-16H,5,8-12H2,1-2H3/t15-,16-/m1/s1. The number of hydrogen-bond donors (Lipinski definition) is 0. The van der Waals surface area contributed by atoms with Gasteiger partial charge >= 0.3 is 6.09 Å². The van der Waals surface area contributed by atoms with E-state index in [-0.39, 0.29) is 17.9 Å². The van der Waals surface area contributed by atoms with Crippen LogP contribution in [0.1, 0.15) is 29.9 Å². The summed E-state index contributed by atoms with van der Waals surface area (Å²) in [4.78, 5) is 28.0. The summed E-state index contributed by atoms with van der Waals surface area (Å²) in [6.07, 6.45) is 1.45. The molecule has 2 amide bonds. The fraction of sp³-hybridized carbons (Fsp3) is 0.556. The van der Waals surface area contributed by atoms with Crippen LogP contribution in [0.25, 0.3) is 0 Å². The SMILES string of the molecule is COC(=O)N1CCCN(C(=O)[C@@H]2C[C@@H]2c2ccccc2C)CC1. The van der Waals surface area contributed by atoms with Gasteiger partial charge in [-0.15, -0.1) is 0 Å². The van der Waals surface area contributed by atoms with Crippen LogP contribution in [0, 0.1) is 12.8 Å². The molecule has 0 aromatic heterocycles. The van der Waals surface area contributed by atoms with Crippen LogP contribution in [0.3, 0.4) is 0 Å². The summed E-state index contributed by atoms with van der Waals surface area (Å²) < 4.78 is 4.77. The van der Waals surface area contributed by atoms with Gasteiger partial charge in [-0.1, -0.05) is 24.3 Å². The van der Waals surface area contributed by atoms with E-state index in [0.29, 0.717) is 25.6 Å². The quantitative estimate of drug-likeness (QED) is 0.842. The second-order valence-electron chi connectivity index (χ2n) is 6.44. The summed E-state index contributed by atoms with van der Waals surface area (Å²) >= 11 is 0. The van der Waals surface area contributed by atoms with E-state index in [1.54, 1.807) is 4.90 Å². The second-order valence-corrected chi connectivity index (χ2v) is 6.44. The van der Waals surface area contributed by atoms with Gasteiger partial charge in [-0.05, 0) is 36.8 Å². The number of carbonyl (C=O) groups is 2. The van der Waals surface area contributed by atoms with Crippen molar-refractivity contribution >= 4 is 12.0 Å². The highest BCUT2D eigenvalue weighted by molar-refractivity contribution is 5.83. The Bertz CT molecular complexity index is 602. The normalized spacial score (nSPS) is 24.1. The van der Waals surface area contributed by atoms with Crippen LogP contribution < -0.4 is 0 Å². The van der Waals surface area contributed by atoms with Crippen LogP contribution >= 0.6 is 0 Å². The molecule has 1 aromatic carbocycles. The first kappa shape index (κ1) is 15.8. The average molecular weight is 316 g/mol. The lowest BCUT2D eigenvalue weighted by atomic mass is 10.0. The van der Waals surface area contributed by atoms with Gasteiger partial charge in [-0.2, -0.15) is 0 Å². The lowest BCUT2D eigenvalue weighted by molar-refractivity contribution is -0.132. The van der Waals surface area contributed by atoms with E-state index in [4.69, 9.17) is 4.74 Å². The van der Waals surface area contributed by atoms with E-state index >= 15 is 0 Å². The highest BCUT2D eigenvalue weighted by Crippen LogP contribution is 2.49. The maximum Gasteiger partial charge on any atom is 0.409 e. The van der Waals surface area contributed by atoms with Crippen molar-refractivity contribution in [1.82, 2.24) is 9.80 Å². The maximum atomic E-state index is 12.7. The van der Waals surface area contributed by atoms with Crippen molar-refractivity contribution in [3.05, 3.63) is 35.4 Å². The molecule has 1 saturated carbocycles. The highest BCUT2D eigenvalue weighted by Gasteiger charge is 2.46. The third-order valence-electron chi connectivity index (χ3n) is 4.94. The molecule has 2 atom stereocenters. The minimum absolute atomic E-state index is 0.112. The molecule has 5 nitrogen and oxygen atoms in total. The van der Waals surface area contributed by atoms with E-state index in [0.717, 1.165) is 19.4 Å². The van der Waals surface area contributed by atoms with Crippen molar-refractivity contribution in [2.24, 2.45) is 5.92 Å². The van der Waals surface area contributed by atoms with Gasteiger partial charge < -0.3 is 14.5 Å². The summed E-state index contributed by atoms with van der Waals surface area (Å²) in [5.74, 6) is 0.717. The van der Waals surface area contributed by atoms with E-state index in [1.807, 2.05) is 17.0 Å². The van der Waals surface area contributed by atoms with Gasteiger partial charge in [0.15, 0.2) is 0 Å². The maximum absolute atomic E-state index is 12.7. The molecule has 0 radical (unpaired) electrons. The summed E-state index contributed by atoms with van der Waals surface area (Å²) in [6, 6.07) is 8.32. The average Bonchev–Trinajstić information content (AvgIpc) is 3.37. The van der Waals surface area contributed by atoms with Gasteiger partial charge in [0, 0.05) is 32.1 Å². The number of aryl methyl sites for hydroxylation is 1.